The van der Waals surface area contributed by atoms with Crippen LogP contribution in [-0.2, 0) is 0 Å². The lowest BCUT2D eigenvalue weighted by Crippen LogP contribution is -2.21. The van der Waals surface area contributed by atoms with Gasteiger partial charge < -0.3 is 0 Å². The number of rotatable bonds is 4. The Morgan fingerprint density at radius 1 is 0.857 bits per heavy atom. The van der Waals surface area contributed by atoms with Gasteiger partial charge in [0.1, 0.15) is 0 Å². The molecule has 4 aromatic rings. The second kappa shape index (κ2) is 7.53. The minimum atomic E-state index is -0.112. The number of nitrogens with one attached hydrogen (secondary N) is 1. The van der Waals surface area contributed by atoms with Crippen molar-refractivity contribution in [3.63, 3.8) is 0 Å². The standard InChI is InChI=1S/C24H21N3O/c1-17-10-9-13-20(16-17)25-23(19-11-5-3-6-12-19)22-18(2)26-27(24(22)28)21-14-7-4-8-15-21/h3-16,26H,1-2H3. The van der Waals surface area contributed by atoms with Crippen LogP contribution in [0.4, 0.5) is 5.69 Å². The number of aromatic nitrogens is 2. The Balaban J connectivity index is 1.94. The maximum atomic E-state index is 13.3. The molecule has 0 saturated carbocycles. The number of para-hydroxylation sites is 1. The van der Waals surface area contributed by atoms with Gasteiger partial charge >= 0.3 is 0 Å². The van der Waals surface area contributed by atoms with Gasteiger partial charge in [0.05, 0.1) is 22.6 Å². The first-order valence-corrected chi connectivity index (χ1v) is 9.21. The van der Waals surface area contributed by atoms with Crippen LogP contribution in [0, 0.1) is 13.8 Å². The van der Waals surface area contributed by atoms with Crippen molar-refractivity contribution in [2.24, 2.45) is 4.99 Å². The fourth-order valence-electron chi connectivity index (χ4n) is 3.27. The molecule has 1 heterocycles. The van der Waals surface area contributed by atoms with Crippen LogP contribution < -0.4 is 5.56 Å². The summed E-state index contributed by atoms with van der Waals surface area (Å²) in [4.78, 5) is 18.2. The van der Waals surface area contributed by atoms with Crippen LogP contribution >= 0.6 is 0 Å². The molecule has 4 heteroatoms. The zero-order chi connectivity index (χ0) is 19.5. The average molecular weight is 367 g/mol. The lowest BCUT2D eigenvalue weighted by molar-refractivity contribution is 0.835. The van der Waals surface area contributed by atoms with Gasteiger partial charge in [0, 0.05) is 11.3 Å². The van der Waals surface area contributed by atoms with Crippen molar-refractivity contribution in [2.75, 3.05) is 0 Å². The Morgan fingerprint density at radius 2 is 1.54 bits per heavy atom. The molecule has 1 aromatic heterocycles. The lowest BCUT2D eigenvalue weighted by Gasteiger charge is -2.06. The second-order valence-electron chi connectivity index (χ2n) is 6.75. The van der Waals surface area contributed by atoms with Gasteiger partial charge in [0.2, 0.25) is 0 Å². The van der Waals surface area contributed by atoms with E-state index in [0.717, 1.165) is 28.2 Å². The normalized spacial score (nSPS) is 11.6. The fourth-order valence-corrected chi connectivity index (χ4v) is 3.27. The van der Waals surface area contributed by atoms with Crippen LogP contribution in [0.5, 0.6) is 0 Å². The summed E-state index contributed by atoms with van der Waals surface area (Å²) >= 11 is 0. The lowest BCUT2D eigenvalue weighted by atomic mass is 10.0. The highest BCUT2D eigenvalue weighted by Gasteiger charge is 2.19. The van der Waals surface area contributed by atoms with E-state index in [4.69, 9.17) is 4.99 Å². The summed E-state index contributed by atoms with van der Waals surface area (Å²) in [5, 5.41) is 3.20. The van der Waals surface area contributed by atoms with E-state index in [1.165, 1.54) is 0 Å². The third kappa shape index (κ3) is 3.45. The summed E-state index contributed by atoms with van der Waals surface area (Å²) < 4.78 is 1.57. The summed E-state index contributed by atoms with van der Waals surface area (Å²) in [7, 11) is 0. The Labute approximate surface area is 163 Å². The average Bonchev–Trinajstić information content (AvgIpc) is 3.02. The van der Waals surface area contributed by atoms with Crippen LogP contribution in [-0.4, -0.2) is 15.5 Å². The third-order valence-corrected chi connectivity index (χ3v) is 4.61. The van der Waals surface area contributed by atoms with E-state index in [-0.39, 0.29) is 5.56 Å². The van der Waals surface area contributed by atoms with E-state index in [2.05, 4.69) is 5.10 Å². The van der Waals surface area contributed by atoms with Crippen molar-refractivity contribution in [1.29, 1.82) is 0 Å². The maximum absolute atomic E-state index is 13.3. The van der Waals surface area contributed by atoms with E-state index >= 15 is 0 Å². The van der Waals surface area contributed by atoms with E-state index < -0.39 is 0 Å². The van der Waals surface area contributed by atoms with Crippen molar-refractivity contribution in [1.82, 2.24) is 9.78 Å². The maximum Gasteiger partial charge on any atom is 0.280 e. The molecule has 0 unspecified atom stereocenters. The number of H-pyrrole nitrogens is 1. The number of aromatic amines is 1. The van der Waals surface area contributed by atoms with Crippen molar-refractivity contribution in [2.45, 2.75) is 13.8 Å². The molecule has 0 bridgehead atoms. The van der Waals surface area contributed by atoms with Crippen molar-refractivity contribution in [3.05, 3.63) is 118 Å². The number of aryl methyl sites for hydroxylation is 2. The van der Waals surface area contributed by atoms with Gasteiger partial charge in [-0.25, -0.2) is 9.67 Å². The minimum Gasteiger partial charge on any atom is -0.295 e. The Morgan fingerprint density at radius 3 is 2.21 bits per heavy atom. The number of nitrogens with zero attached hydrogens (tertiary/aromatic N) is 2. The zero-order valence-electron chi connectivity index (χ0n) is 15.9. The van der Waals surface area contributed by atoms with Crippen molar-refractivity contribution < 1.29 is 0 Å². The molecular weight excluding hydrogens is 346 g/mol. The molecule has 0 aliphatic heterocycles. The molecule has 1 N–H and O–H groups in total. The Bertz CT molecular complexity index is 1190. The summed E-state index contributed by atoms with van der Waals surface area (Å²) in [6.45, 7) is 3.94. The highest BCUT2D eigenvalue weighted by molar-refractivity contribution is 6.14. The topological polar surface area (TPSA) is 50.1 Å². The Kier molecular flexibility index (Phi) is 4.77. The molecule has 0 aliphatic rings. The molecular formula is C24H21N3O. The van der Waals surface area contributed by atoms with E-state index in [9.17, 15) is 4.79 Å². The van der Waals surface area contributed by atoms with Crippen molar-refractivity contribution in [3.8, 4) is 5.69 Å². The third-order valence-electron chi connectivity index (χ3n) is 4.61. The summed E-state index contributed by atoms with van der Waals surface area (Å²) in [6, 6.07) is 27.4. The molecule has 4 rings (SSSR count). The van der Waals surface area contributed by atoms with Gasteiger partial charge in [-0.1, -0.05) is 60.7 Å². The summed E-state index contributed by atoms with van der Waals surface area (Å²) in [6.07, 6.45) is 0. The number of hydrogen-bond donors (Lipinski definition) is 1. The van der Waals surface area contributed by atoms with Gasteiger partial charge in [-0.05, 0) is 43.7 Å². The van der Waals surface area contributed by atoms with E-state index in [1.54, 1.807) is 4.68 Å². The van der Waals surface area contributed by atoms with Crippen LogP contribution in [0.15, 0.2) is 94.7 Å². The molecule has 3 aromatic carbocycles. The molecule has 0 aliphatic carbocycles. The highest BCUT2D eigenvalue weighted by atomic mass is 16.1. The molecule has 0 spiro atoms. The minimum absolute atomic E-state index is 0.112. The molecule has 0 amide bonds. The smallest absolute Gasteiger partial charge is 0.280 e. The molecule has 0 radical (unpaired) electrons. The first-order chi connectivity index (χ1) is 13.6. The van der Waals surface area contributed by atoms with Crippen LogP contribution in [0.2, 0.25) is 0 Å². The molecule has 28 heavy (non-hydrogen) atoms. The fraction of sp³-hybridized carbons (Fsp3) is 0.0833. The summed E-state index contributed by atoms with van der Waals surface area (Å²) in [5.41, 5.74) is 5.57. The van der Waals surface area contributed by atoms with E-state index in [0.29, 0.717) is 11.3 Å². The zero-order valence-corrected chi connectivity index (χ0v) is 15.9. The highest BCUT2D eigenvalue weighted by Crippen LogP contribution is 2.20. The van der Waals surface area contributed by atoms with Gasteiger partial charge in [-0.15, -0.1) is 0 Å². The van der Waals surface area contributed by atoms with Crippen LogP contribution in [0.3, 0.4) is 0 Å². The number of aliphatic imine (C=N–C) groups is 1. The SMILES string of the molecule is Cc1cccc(N=C(c2ccccc2)c2c(C)[nH]n(-c3ccccc3)c2=O)c1. The monoisotopic (exact) mass is 367 g/mol. The number of hydrogen-bond acceptors (Lipinski definition) is 2. The van der Waals surface area contributed by atoms with Crippen molar-refractivity contribution >= 4 is 11.4 Å². The molecule has 4 nitrogen and oxygen atoms in total. The molecule has 138 valence electrons. The Hall–Kier alpha value is -3.66. The van der Waals surface area contributed by atoms with Crippen LogP contribution in [0.1, 0.15) is 22.4 Å². The second-order valence-corrected chi connectivity index (χ2v) is 6.75. The predicted octanol–water partition coefficient (Wildman–Crippen LogP) is 4.95. The largest absolute Gasteiger partial charge is 0.295 e. The first-order valence-electron chi connectivity index (χ1n) is 9.21. The van der Waals surface area contributed by atoms with Gasteiger partial charge in [0.15, 0.2) is 0 Å². The van der Waals surface area contributed by atoms with Gasteiger partial charge in [0.25, 0.3) is 5.56 Å². The van der Waals surface area contributed by atoms with E-state index in [1.807, 2.05) is 98.8 Å². The molecule has 0 saturated heterocycles. The van der Waals surface area contributed by atoms with Crippen LogP contribution in [0.25, 0.3) is 5.69 Å². The summed E-state index contributed by atoms with van der Waals surface area (Å²) in [5.74, 6) is 0. The van der Waals surface area contributed by atoms with Gasteiger partial charge in [-0.3, -0.25) is 9.89 Å². The van der Waals surface area contributed by atoms with Gasteiger partial charge in [-0.2, -0.15) is 0 Å². The predicted molar refractivity (Wildman–Crippen MR) is 114 cm³/mol. The first kappa shape index (κ1) is 17.7. The number of benzene rings is 3. The molecule has 0 atom stereocenters. The quantitative estimate of drug-likeness (QED) is 0.510. The molecule has 0 fully saturated rings.